The summed E-state index contributed by atoms with van der Waals surface area (Å²) in [5.41, 5.74) is -1.06. The van der Waals surface area contributed by atoms with Crippen LogP contribution in [-0.2, 0) is 16.4 Å². The third-order valence-corrected chi connectivity index (χ3v) is 6.71. The van der Waals surface area contributed by atoms with Crippen LogP contribution < -0.4 is 5.32 Å². The number of rotatable bonds is 2. The molecule has 0 saturated heterocycles. The number of dihydropyridines is 1. The normalized spacial score (nSPS) is 28.1. The molecule has 0 spiro atoms. The Labute approximate surface area is 179 Å². The number of nitrogens with one attached hydrogen (secondary N) is 1. The van der Waals surface area contributed by atoms with Gasteiger partial charge in [-0.1, -0.05) is 39.0 Å². The summed E-state index contributed by atoms with van der Waals surface area (Å²) in [6, 6.07) is 4.89. The quantitative estimate of drug-likeness (QED) is 0.592. The van der Waals surface area contributed by atoms with Crippen molar-refractivity contribution in [3.63, 3.8) is 0 Å². The Balaban J connectivity index is 2.03. The Morgan fingerprint density at radius 2 is 1.87 bits per heavy atom. The van der Waals surface area contributed by atoms with Crippen molar-refractivity contribution in [3.8, 4) is 0 Å². The van der Waals surface area contributed by atoms with Crippen LogP contribution in [0.3, 0.4) is 0 Å². The average Bonchev–Trinajstić information content (AvgIpc) is 2.66. The van der Waals surface area contributed by atoms with Gasteiger partial charge in [-0.05, 0) is 36.8 Å². The van der Waals surface area contributed by atoms with Gasteiger partial charge in [0.1, 0.15) is 11.7 Å². The molecule has 3 aliphatic rings. The second-order valence-electron chi connectivity index (χ2n) is 9.64. The first-order valence-electron chi connectivity index (χ1n) is 10.5. The van der Waals surface area contributed by atoms with Crippen LogP contribution >= 0.6 is 0 Å². The number of hydrogen-bond acceptors (Lipinski definition) is 3. The predicted molar refractivity (Wildman–Crippen MR) is 111 cm³/mol. The minimum atomic E-state index is -4.54. The van der Waals surface area contributed by atoms with Crippen LogP contribution in [0.2, 0.25) is 0 Å². The van der Waals surface area contributed by atoms with Crippen molar-refractivity contribution < 1.29 is 22.4 Å². The summed E-state index contributed by atoms with van der Waals surface area (Å²) in [4.78, 5) is 17.9. The number of nitrogens with zero attached hydrogens (tertiary/aromatic N) is 1. The highest BCUT2D eigenvalue weighted by Crippen LogP contribution is 2.52. The lowest BCUT2D eigenvalue weighted by Gasteiger charge is -2.47. The van der Waals surface area contributed by atoms with E-state index in [9.17, 15) is 18.0 Å². The smallest absolute Gasteiger partial charge is 0.343 e. The van der Waals surface area contributed by atoms with Crippen molar-refractivity contribution in [2.24, 2.45) is 16.3 Å². The highest BCUT2D eigenvalue weighted by molar-refractivity contribution is 6.12. The van der Waals surface area contributed by atoms with Crippen LogP contribution in [0.15, 0.2) is 51.9 Å². The first-order chi connectivity index (χ1) is 14.4. The summed E-state index contributed by atoms with van der Waals surface area (Å²) in [6.45, 7) is 7.73. The molecule has 1 aromatic rings. The lowest BCUT2D eigenvalue weighted by molar-refractivity contribution is -0.137. The van der Waals surface area contributed by atoms with Crippen LogP contribution in [0.25, 0.3) is 0 Å². The van der Waals surface area contributed by atoms with Crippen molar-refractivity contribution >= 4 is 11.6 Å². The van der Waals surface area contributed by atoms with Gasteiger partial charge in [0.2, 0.25) is 0 Å². The minimum absolute atomic E-state index is 0.170. The van der Waals surface area contributed by atoms with Gasteiger partial charge in [-0.2, -0.15) is 13.2 Å². The largest absolute Gasteiger partial charge is 0.416 e. The van der Waals surface area contributed by atoms with Crippen molar-refractivity contribution in [3.05, 3.63) is 58.1 Å². The molecule has 1 aliphatic carbocycles. The summed E-state index contributed by atoms with van der Waals surface area (Å²) < 4.78 is 56.2. The Bertz CT molecular complexity index is 1050. The van der Waals surface area contributed by atoms with E-state index in [2.05, 4.69) is 10.3 Å². The Morgan fingerprint density at radius 1 is 1.16 bits per heavy atom. The zero-order chi connectivity index (χ0) is 22.8. The van der Waals surface area contributed by atoms with Gasteiger partial charge in [0.15, 0.2) is 5.78 Å². The number of hydrogen-bond donors (Lipinski definition) is 1. The number of amidine groups is 1. The van der Waals surface area contributed by atoms with Gasteiger partial charge >= 0.3 is 6.18 Å². The molecule has 0 fully saturated rings. The number of ketones is 1. The van der Waals surface area contributed by atoms with E-state index in [1.807, 2.05) is 20.8 Å². The summed E-state index contributed by atoms with van der Waals surface area (Å²) in [5.74, 6) is -0.699. The van der Waals surface area contributed by atoms with E-state index in [-0.39, 0.29) is 35.3 Å². The number of alkyl halides is 3. The number of halogens is 4. The summed E-state index contributed by atoms with van der Waals surface area (Å²) >= 11 is 0. The first-order valence-corrected chi connectivity index (χ1v) is 10.5. The van der Waals surface area contributed by atoms with E-state index in [1.165, 1.54) is 6.07 Å². The van der Waals surface area contributed by atoms with Crippen LogP contribution in [0.4, 0.5) is 17.6 Å². The molecular formula is C24H26F4N2O. The zero-order valence-electron chi connectivity index (χ0n) is 18.1. The third kappa shape index (κ3) is 3.42. The Hall–Kier alpha value is -2.44. The summed E-state index contributed by atoms with van der Waals surface area (Å²) in [7, 11) is 0. The van der Waals surface area contributed by atoms with Gasteiger partial charge in [0.25, 0.3) is 0 Å². The highest BCUT2D eigenvalue weighted by Gasteiger charge is 2.52. The van der Waals surface area contributed by atoms with E-state index in [0.717, 1.165) is 12.1 Å². The van der Waals surface area contributed by atoms with Gasteiger partial charge in [-0.3, -0.25) is 9.79 Å². The van der Waals surface area contributed by atoms with Crippen molar-refractivity contribution in [2.45, 2.75) is 58.5 Å². The van der Waals surface area contributed by atoms with Gasteiger partial charge < -0.3 is 5.32 Å². The molecule has 2 aliphatic heterocycles. The van der Waals surface area contributed by atoms with Gasteiger partial charge in [0.05, 0.1) is 17.5 Å². The highest BCUT2D eigenvalue weighted by atomic mass is 19.4. The second kappa shape index (κ2) is 7.04. The molecule has 0 radical (unpaired) electrons. The number of Topliss-reactive ketones (excluding diaryl/α,β-unsaturated/α-hetero) is 1. The number of carbonyl (C=O) groups is 1. The van der Waals surface area contributed by atoms with Crippen LogP contribution in [0, 0.1) is 11.3 Å². The van der Waals surface area contributed by atoms with E-state index < -0.39 is 28.9 Å². The number of carbonyl (C=O) groups excluding carboxylic acids is 1. The molecule has 4 rings (SSSR count). The zero-order valence-corrected chi connectivity index (χ0v) is 18.1. The molecule has 2 heterocycles. The molecule has 2 unspecified atom stereocenters. The van der Waals surface area contributed by atoms with Crippen molar-refractivity contribution in [1.82, 2.24) is 5.32 Å². The molecule has 3 nitrogen and oxygen atoms in total. The molecule has 2 atom stereocenters. The van der Waals surface area contributed by atoms with Crippen LogP contribution in [-0.4, -0.2) is 18.2 Å². The SMILES string of the molecule is CCC1CN=C2NC3=C(C(=O)CC(C)(C)C3)C(C)(c3cccc(C(F)(F)F)c3)C2=C1F. The van der Waals surface area contributed by atoms with E-state index >= 15 is 4.39 Å². The Morgan fingerprint density at radius 3 is 2.52 bits per heavy atom. The number of fused-ring (bicyclic) bond motifs is 1. The fraction of sp³-hybridized carbons (Fsp3) is 0.500. The fourth-order valence-corrected chi connectivity index (χ4v) is 5.14. The van der Waals surface area contributed by atoms with Crippen molar-refractivity contribution in [1.29, 1.82) is 0 Å². The molecule has 31 heavy (non-hydrogen) atoms. The van der Waals surface area contributed by atoms with E-state index in [0.29, 0.717) is 29.9 Å². The molecule has 0 saturated carbocycles. The third-order valence-electron chi connectivity index (χ3n) is 6.71. The maximum atomic E-state index is 15.7. The minimum Gasteiger partial charge on any atom is -0.343 e. The lowest BCUT2D eigenvalue weighted by atomic mass is 9.60. The van der Waals surface area contributed by atoms with Gasteiger partial charge in [-0.25, -0.2) is 4.39 Å². The molecule has 0 bridgehead atoms. The van der Waals surface area contributed by atoms with Gasteiger partial charge in [0, 0.05) is 29.2 Å². The molecule has 0 amide bonds. The summed E-state index contributed by atoms with van der Waals surface area (Å²) in [6.07, 6.45) is -3.25. The summed E-state index contributed by atoms with van der Waals surface area (Å²) in [5, 5.41) is 3.18. The molecular weight excluding hydrogens is 408 g/mol. The topological polar surface area (TPSA) is 41.5 Å². The second-order valence-corrected chi connectivity index (χ2v) is 9.64. The standard InChI is InChI=1S/C24H26F4N2O/c1-5-13-12-29-21-19(20(13)25)23(4,14-7-6-8-15(9-14)24(26,27)28)18-16(30-21)10-22(2,3)11-17(18)31/h6-9,13H,5,10-12H2,1-4H3,(H,29,30). The number of aliphatic imine (C=N–C) groups is 1. The predicted octanol–water partition coefficient (Wildman–Crippen LogP) is 5.87. The molecule has 1 N–H and O–H groups in total. The van der Waals surface area contributed by atoms with Gasteiger partial charge in [-0.15, -0.1) is 0 Å². The van der Waals surface area contributed by atoms with E-state index in [4.69, 9.17) is 0 Å². The maximum Gasteiger partial charge on any atom is 0.416 e. The monoisotopic (exact) mass is 434 g/mol. The fourth-order valence-electron chi connectivity index (χ4n) is 5.14. The first kappa shape index (κ1) is 21.8. The number of allylic oxidation sites excluding steroid dienone is 2. The Kier molecular flexibility index (Phi) is 4.94. The van der Waals surface area contributed by atoms with Crippen LogP contribution in [0.5, 0.6) is 0 Å². The van der Waals surface area contributed by atoms with Crippen LogP contribution in [0.1, 0.15) is 58.1 Å². The molecule has 166 valence electrons. The average molecular weight is 434 g/mol. The lowest BCUT2D eigenvalue weighted by Crippen LogP contribution is -2.51. The molecule has 0 aromatic heterocycles. The maximum absolute atomic E-state index is 15.7. The molecule has 7 heteroatoms. The number of benzene rings is 1. The van der Waals surface area contributed by atoms with Crippen molar-refractivity contribution in [2.75, 3.05) is 6.54 Å². The van der Waals surface area contributed by atoms with E-state index in [1.54, 1.807) is 13.0 Å². The molecule has 1 aromatic carbocycles.